The summed E-state index contributed by atoms with van der Waals surface area (Å²) in [6, 6.07) is 25.9. The van der Waals surface area contributed by atoms with Crippen LogP contribution < -0.4 is 5.32 Å². The van der Waals surface area contributed by atoms with Crippen LogP contribution in [0.15, 0.2) is 78.9 Å². The third-order valence-electron chi connectivity index (χ3n) is 6.95. The van der Waals surface area contributed by atoms with Gasteiger partial charge in [-0.2, -0.15) is 0 Å². The Bertz CT molecular complexity index is 1210. The molecule has 0 saturated heterocycles. The summed E-state index contributed by atoms with van der Waals surface area (Å²) in [4.78, 5) is 38.0. The number of alkyl carbamates (subject to hydrolysis) is 1. The minimum Gasteiger partial charge on any atom is -0.481 e. The van der Waals surface area contributed by atoms with Gasteiger partial charge in [0.05, 0.1) is 6.42 Å². The Labute approximate surface area is 223 Å². The molecule has 0 radical (unpaired) electrons. The molecular weight excluding hydrogens is 480 g/mol. The van der Waals surface area contributed by atoms with Crippen LogP contribution in [0.25, 0.3) is 11.1 Å². The molecule has 3 aromatic rings. The van der Waals surface area contributed by atoms with Gasteiger partial charge in [-0.3, -0.25) is 9.59 Å². The van der Waals surface area contributed by atoms with Crippen molar-refractivity contribution in [3.05, 3.63) is 95.6 Å². The second-order valence-electron chi connectivity index (χ2n) is 9.79. The van der Waals surface area contributed by atoms with Gasteiger partial charge in [0.25, 0.3) is 0 Å². The second-order valence-corrected chi connectivity index (χ2v) is 9.79. The standard InChI is InChI=1S/C31H34N2O5/c1-22(15-16-29(34)33(18-17-30(35)36)20-23-9-3-2-4-10-23)19-32-31(37)38-21-28-26-13-7-5-11-24(26)25-12-6-8-14-27(25)28/h2-14,22,28H,15-21H2,1H3,(H,32,37)(H,35,36). The molecule has 2 amide bonds. The number of rotatable bonds is 12. The molecule has 3 aromatic carbocycles. The number of amides is 2. The van der Waals surface area contributed by atoms with Gasteiger partial charge in [0.15, 0.2) is 0 Å². The molecule has 1 atom stereocenters. The van der Waals surface area contributed by atoms with Gasteiger partial charge in [0.1, 0.15) is 6.61 Å². The lowest BCUT2D eigenvalue weighted by molar-refractivity contribution is -0.138. The van der Waals surface area contributed by atoms with E-state index in [1.807, 2.05) is 61.5 Å². The van der Waals surface area contributed by atoms with Crippen molar-refractivity contribution in [2.75, 3.05) is 19.7 Å². The number of nitrogens with zero attached hydrogens (tertiary/aromatic N) is 1. The summed E-state index contributed by atoms with van der Waals surface area (Å²) in [7, 11) is 0. The minimum absolute atomic E-state index is 0.00425. The zero-order valence-electron chi connectivity index (χ0n) is 21.6. The van der Waals surface area contributed by atoms with E-state index in [1.165, 1.54) is 11.1 Å². The summed E-state index contributed by atoms with van der Waals surface area (Å²) in [5, 5.41) is 11.9. The number of carboxylic acid groups (broad SMARTS) is 1. The van der Waals surface area contributed by atoms with E-state index in [2.05, 4.69) is 29.6 Å². The lowest BCUT2D eigenvalue weighted by Crippen LogP contribution is -2.34. The number of benzene rings is 3. The number of ether oxygens (including phenoxy) is 1. The van der Waals surface area contributed by atoms with Gasteiger partial charge in [-0.15, -0.1) is 0 Å². The maximum atomic E-state index is 12.9. The summed E-state index contributed by atoms with van der Waals surface area (Å²) < 4.78 is 5.59. The Morgan fingerprint density at radius 3 is 2.13 bits per heavy atom. The number of carboxylic acids is 1. The van der Waals surface area contributed by atoms with Gasteiger partial charge in [-0.05, 0) is 40.2 Å². The van der Waals surface area contributed by atoms with Crippen LogP contribution in [0.1, 0.15) is 48.8 Å². The predicted octanol–water partition coefficient (Wildman–Crippen LogP) is 5.44. The molecule has 198 valence electrons. The van der Waals surface area contributed by atoms with Crippen LogP contribution in [0.5, 0.6) is 0 Å². The molecule has 0 fully saturated rings. The topological polar surface area (TPSA) is 95.9 Å². The summed E-state index contributed by atoms with van der Waals surface area (Å²) in [5.41, 5.74) is 5.64. The second kappa shape index (κ2) is 12.9. The molecule has 2 N–H and O–H groups in total. The predicted molar refractivity (Wildman–Crippen MR) is 146 cm³/mol. The first-order valence-corrected chi connectivity index (χ1v) is 13.0. The first kappa shape index (κ1) is 26.9. The average molecular weight is 515 g/mol. The van der Waals surface area contributed by atoms with E-state index in [0.717, 1.165) is 16.7 Å². The lowest BCUT2D eigenvalue weighted by Gasteiger charge is -2.23. The van der Waals surface area contributed by atoms with Crippen molar-refractivity contribution < 1.29 is 24.2 Å². The fourth-order valence-electron chi connectivity index (χ4n) is 4.86. The Kier molecular flexibility index (Phi) is 9.14. The first-order valence-electron chi connectivity index (χ1n) is 13.0. The maximum Gasteiger partial charge on any atom is 0.407 e. The minimum atomic E-state index is -0.934. The van der Waals surface area contributed by atoms with Crippen LogP contribution in [-0.4, -0.2) is 47.7 Å². The van der Waals surface area contributed by atoms with Crippen molar-refractivity contribution >= 4 is 18.0 Å². The molecule has 0 aromatic heterocycles. The van der Waals surface area contributed by atoms with Gasteiger partial charge in [-0.25, -0.2) is 4.79 Å². The molecule has 1 aliphatic rings. The number of hydrogen-bond acceptors (Lipinski definition) is 4. The number of fused-ring (bicyclic) bond motifs is 3. The highest BCUT2D eigenvalue weighted by Crippen LogP contribution is 2.44. The van der Waals surface area contributed by atoms with E-state index < -0.39 is 12.1 Å². The molecule has 7 nitrogen and oxygen atoms in total. The summed E-state index contributed by atoms with van der Waals surface area (Å²) in [5.74, 6) is -0.971. The fourth-order valence-corrected chi connectivity index (χ4v) is 4.86. The summed E-state index contributed by atoms with van der Waals surface area (Å²) in [6.07, 6.45) is 0.274. The van der Waals surface area contributed by atoms with E-state index in [4.69, 9.17) is 9.84 Å². The maximum absolute atomic E-state index is 12.9. The van der Waals surface area contributed by atoms with E-state index in [1.54, 1.807) is 4.90 Å². The highest BCUT2D eigenvalue weighted by atomic mass is 16.5. The largest absolute Gasteiger partial charge is 0.481 e. The molecular formula is C31H34N2O5. The Morgan fingerprint density at radius 2 is 1.50 bits per heavy atom. The highest BCUT2D eigenvalue weighted by Gasteiger charge is 2.29. The zero-order valence-corrected chi connectivity index (χ0v) is 21.6. The number of nitrogens with one attached hydrogen (secondary N) is 1. The van der Waals surface area contributed by atoms with Crippen LogP contribution in [-0.2, 0) is 20.9 Å². The van der Waals surface area contributed by atoms with E-state index in [0.29, 0.717) is 19.5 Å². The number of carbonyl (C=O) groups is 3. The van der Waals surface area contributed by atoms with Crippen LogP contribution >= 0.6 is 0 Å². The van der Waals surface area contributed by atoms with E-state index >= 15 is 0 Å². The number of aliphatic carboxylic acids is 1. The molecule has 0 bridgehead atoms. The van der Waals surface area contributed by atoms with Gasteiger partial charge >= 0.3 is 12.1 Å². The van der Waals surface area contributed by atoms with Crippen molar-refractivity contribution in [3.63, 3.8) is 0 Å². The molecule has 0 saturated carbocycles. The van der Waals surface area contributed by atoms with Crippen LogP contribution in [0.3, 0.4) is 0 Å². The quantitative estimate of drug-likeness (QED) is 0.335. The van der Waals surface area contributed by atoms with Crippen molar-refractivity contribution in [2.45, 2.75) is 38.6 Å². The molecule has 4 rings (SSSR count). The van der Waals surface area contributed by atoms with Gasteiger partial charge in [0.2, 0.25) is 5.91 Å². The number of hydrogen-bond donors (Lipinski definition) is 2. The van der Waals surface area contributed by atoms with Crippen LogP contribution in [0.4, 0.5) is 4.79 Å². The van der Waals surface area contributed by atoms with Crippen LogP contribution in [0, 0.1) is 5.92 Å². The monoisotopic (exact) mass is 514 g/mol. The first-order chi connectivity index (χ1) is 18.4. The molecule has 0 heterocycles. The van der Waals surface area contributed by atoms with Crippen molar-refractivity contribution in [1.82, 2.24) is 10.2 Å². The van der Waals surface area contributed by atoms with Crippen molar-refractivity contribution in [2.24, 2.45) is 5.92 Å². The van der Waals surface area contributed by atoms with E-state index in [-0.39, 0.29) is 43.7 Å². The molecule has 38 heavy (non-hydrogen) atoms. The SMILES string of the molecule is CC(CCC(=O)N(CCC(=O)O)Cc1ccccc1)CNC(=O)OCC1c2ccccc2-c2ccccc21. The average Bonchev–Trinajstić information content (AvgIpc) is 3.25. The summed E-state index contributed by atoms with van der Waals surface area (Å²) in [6.45, 7) is 3.15. The molecule has 7 heteroatoms. The molecule has 0 spiro atoms. The van der Waals surface area contributed by atoms with Gasteiger partial charge in [-0.1, -0.05) is 85.8 Å². The zero-order chi connectivity index (χ0) is 26.9. The third kappa shape index (κ3) is 7.00. The molecule has 0 aliphatic heterocycles. The third-order valence-corrected chi connectivity index (χ3v) is 6.95. The van der Waals surface area contributed by atoms with Crippen molar-refractivity contribution in [3.8, 4) is 11.1 Å². The Hall–Kier alpha value is -4.13. The van der Waals surface area contributed by atoms with E-state index in [9.17, 15) is 14.4 Å². The normalized spacial score (nSPS) is 12.8. The lowest BCUT2D eigenvalue weighted by atomic mass is 9.98. The van der Waals surface area contributed by atoms with Gasteiger partial charge < -0.3 is 20.1 Å². The van der Waals surface area contributed by atoms with Crippen molar-refractivity contribution in [1.29, 1.82) is 0 Å². The number of carbonyl (C=O) groups excluding carboxylic acids is 2. The highest BCUT2D eigenvalue weighted by molar-refractivity contribution is 5.79. The fraction of sp³-hybridized carbons (Fsp3) is 0.323. The van der Waals surface area contributed by atoms with Gasteiger partial charge in [0, 0.05) is 32.0 Å². The molecule has 1 aliphatic carbocycles. The van der Waals surface area contributed by atoms with Crippen LogP contribution in [0.2, 0.25) is 0 Å². The summed E-state index contributed by atoms with van der Waals surface area (Å²) >= 11 is 0. The molecule has 1 unspecified atom stereocenters. The smallest absolute Gasteiger partial charge is 0.407 e. The Balaban J connectivity index is 1.23. The Morgan fingerprint density at radius 1 is 0.895 bits per heavy atom.